The first-order valence-corrected chi connectivity index (χ1v) is 8.11. The molecule has 1 aliphatic heterocycles. The summed E-state index contributed by atoms with van der Waals surface area (Å²) in [6.45, 7) is 2.08. The van der Waals surface area contributed by atoms with Gasteiger partial charge in [-0.1, -0.05) is 12.1 Å². The van der Waals surface area contributed by atoms with Gasteiger partial charge in [-0.15, -0.1) is 4.83 Å². The summed E-state index contributed by atoms with van der Waals surface area (Å²) in [5.41, 5.74) is 0. The molecular formula is C14H16N2O4S. The van der Waals surface area contributed by atoms with Gasteiger partial charge in [-0.3, -0.25) is 0 Å². The van der Waals surface area contributed by atoms with Crippen molar-refractivity contribution >= 4 is 20.8 Å². The van der Waals surface area contributed by atoms with E-state index in [4.69, 9.17) is 4.74 Å². The number of hydrazine groups is 1. The monoisotopic (exact) mass is 308 g/mol. The van der Waals surface area contributed by atoms with E-state index in [1.54, 1.807) is 29.3 Å². The first kappa shape index (κ1) is 14.3. The predicted molar refractivity (Wildman–Crippen MR) is 78.3 cm³/mol. The normalized spacial score (nSPS) is 17.1. The van der Waals surface area contributed by atoms with Crippen molar-refractivity contribution in [3.8, 4) is 5.75 Å². The fourth-order valence-electron chi connectivity index (χ4n) is 2.26. The maximum Gasteiger partial charge on any atom is 0.253 e. The number of benzene rings is 2. The lowest BCUT2D eigenvalue weighted by Gasteiger charge is -2.26. The summed E-state index contributed by atoms with van der Waals surface area (Å²) < 4.78 is 29.9. The molecule has 1 aliphatic rings. The van der Waals surface area contributed by atoms with Gasteiger partial charge in [-0.05, 0) is 35.0 Å². The molecule has 0 amide bonds. The van der Waals surface area contributed by atoms with Gasteiger partial charge in [0.15, 0.2) is 0 Å². The van der Waals surface area contributed by atoms with Crippen molar-refractivity contribution in [2.75, 3.05) is 26.3 Å². The van der Waals surface area contributed by atoms with E-state index in [2.05, 4.69) is 4.83 Å². The Morgan fingerprint density at radius 3 is 2.48 bits per heavy atom. The van der Waals surface area contributed by atoms with Crippen LogP contribution in [0.25, 0.3) is 10.8 Å². The number of morpholine rings is 1. The van der Waals surface area contributed by atoms with Gasteiger partial charge in [0, 0.05) is 13.1 Å². The lowest BCUT2D eigenvalue weighted by molar-refractivity contribution is 0.0272. The lowest BCUT2D eigenvalue weighted by atomic mass is 10.1. The van der Waals surface area contributed by atoms with E-state index < -0.39 is 10.0 Å². The molecular weight excluding hydrogens is 292 g/mol. The van der Waals surface area contributed by atoms with E-state index >= 15 is 0 Å². The predicted octanol–water partition coefficient (Wildman–Crippen LogP) is 1.07. The van der Waals surface area contributed by atoms with Crippen molar-refractivity contribution in [3.05, 3.63) is 36.4 Å². The van der Waals surface area contributed by atoms with Crippen molar-refractivity contribution < 1.29 is 18.3 Å². The zero-order valence-corrected chi connectivity index (χ0v) is 12.1. The number of sulfonamides is 1. The Kier molecular flexibility index (Phi) is 3.81. The number of phenols is 1. The first-order chi connectivity index (χ1) is 10.0. The van der Waals surface area contributed by atoms with Crippen LogP contribution < -0.4 is 4.83 Å². The highest BCUT2D eigenvalue weighted by Gasteiger charge is 2.20. The smallest absolute Gasteiger partial charge is 0.253 e. The van der Waals surface area contributed by atoms with E-state index in [1.807, 2.05) is 0 Å². The molecule has 1 saturated heterocycles. The van der Waals surface area contributed by atoms with Crippen LogP contribution in [-0.4, -0.2) is 44.8 Å². The summed E-state index contributed by atoms with van der Waals surface area (Å²) in [5, 5.41) is 12.6. The SMILES string of the molecule is O=S(=O)(NN1CCOCC1)c1ccc2cc(O)ccc2c1. The maximum atomic E-state index is 12.4. The van der Waals surface area contributed by atoms with Crippen LogP contribution in [0.3, 0.4) is 0 Å². The quantitative estimate of drug-likeness (QED) is 0.887. The molecule has 0 unspecified atom stereocenters. The molecule has 7 heteroatoms. The highest BCUT2D eigenvalue weighted by Crippen LogP contribution is 2.23. The van der Waals surface area contributed by atoms with Crippen LogP contribution in [0.4, 0.5) is 0 Å². The average molecular weight is 308 g/mol. The fraction of sp³-hybridized carbons (Fsp3) is 0.286. The number of hydrogen-bond donors (Lipinski definition) is 2. The van der Waals surface area contributed by atoms with Crippen LogP contribution in [0.2, 0.25) is 0 Å². The van der Waals surface area contributed by atoms with Gasteiger partial charge in [0.05, 0.1) is 18.1 Å². The third-order valence-corrected chi connectivity index (χ3v) is 4.74. The third-order valence-electron chi connectivity index (χ3n) is 3.37. The minimum Gasteiger partial charge on any atom is -0.508 e. The zero-order valence-electron chi connectivity index (χ0n) is 11.3. The van der Waals surface area contributed by atoms with E-state index in [0.717, 1.165) is 10.8 Å². The summed E-state index contributed by atoms with van der Waals surface area (Å²) in [5.74, 6) is 0.157. The average Bonchev–Trinajstić information content (AvgIpc) is 2.47. The molecule has 6 nitrogen and oxygen atoms in total. The Labute approximate surface area is 123 Å². The second-order valence-corrected chi connectivity index (χ2v) is 6.55. The topological polar surface area (TPSA) is 78.9 Å². The third kappa shape index (κ3) is 3.16. The number of nitrogens with one attached hydrogen (secondary N) is 1. The molecule has 0 aromatic heterocycles. The van der Waals surface area contributed by atoms with E-state index in [9.17, 15) is 13.5 Å². The molecule has 2 aromatic rings. The summed E-state index contributed by atoms with van der Waals surface area (Å²) in [6.07, 6.45) is 0. The van der Waals surface area contributed by atoms with Crippen LogP contribution in [0.1, 0.15) is 0 Å². The van der Waals surface area contributed by atoms with Crippen LogP contribution in [0, 0.1) is 0 Å². The van der Waals surface area contributed by atoms with Crippen LogP contribution in [-0.2, 0) is 14.8 Å². The van der Waals surface area contributed by atoms with E-state index in [0.29, 0.717) is 26.3 Å². The van der Waals surface area contributed by atoms with Gasteiger partial charge in [0.1, 0.15) is 5.75 Å². The molecule has 2 aromatic carbocycles. The Bertz CT molecular complexity index is 755. The number of rotatable bonds is 3. The van der Waals surface area contributed by atoms with Crippen LogP contribution in [0.15, 0.2) is 41.3 Å². The van der Waals surface area contributed by atoms with Crippen molar-refractivity contribution in [2.45, 2.75) is 4.90 Å². The van der Waals surface area contributed by atoms with Crippen LogP contribution >= 0.6 is 0 Å². The minimum atomic E-state index is -3.60. The second kappa shape index (κ2) is 5.61. The minimum absolute atomic E-state index is 0.157. The Morgan fingerprint density at radius 2 is 1.71 bits per heavy atom. The van der Waals surface area contributed by atoms with Crippen molar-refractivity contribution in [2.24, 2.45) is 0 Å². The largest absolute Gasteiger partial charge is 0.508 e. The van der Waals surface area contributed by atoms with Gasteiger partial charge in [-0.25, -0.2) is 13.4 Å². The number of nitrogens with zero attached hydrogens (tertiary/aromatic N) is 1. The molecule has 0 aliphatic carbocycles. The molecule has 1 heterocycles. The molecule has 0 bridgehead atoms. The highest BCUT2D eigenvalue weighted by atomic mass is 32.2. The molecule has 0 saturated carbocycles. The maximum absolute atomic E-state index is 12.4. The molecule has 112 valence electrons. The van der Waals surface area contributed by atoms with Gasteiger partial charge >= 0.3 is 0 Å². The first-order valence-electron chi connectivity index (χ1n) is 6.62. The lowest BCUT2D eigenvalue weighted by Crippen LogP contribution is -2.48. The summed E-state index contributed by atoms with van der Waals surface area (Å²) >= 11 is 0. The van der Waals surface area contributed by atoms with Gasteiger partial charge in [-0.2, -0.15) is 0 Å². The number of fused-ring (bicyclic) bond motifs is 1. The summed E-state index contributed by atoms with van der Waals surface area (Å²) in [6, 6.07) is 9.64. The Balaban J connectivity index is 1.89. The van der Waals surface area contributed by atoms with E-state index in [1.165, 1.54) is 12.1 Å². The number of phenolic OH excluding ortho intramolecular Hbond substituents is 1. The molecule has 1 fully saturated rings. The van der Waals surface area contributed by atoms with Crippen molar-refractivity contribution in [1.82, 2.24) is 9.84 Å². The molecule has 0 atom stereocenters. The number of hydrogen-bond acceptors (Lipinski definition) is 5. The number of aromatic hydroxyl groups is 1. The van der Waals surface area contributed by atoms with Crippen molar-refractivity contribution in [1.29, 1.82) is 0 Å². The molecule has 21 heavy (non-hydrogen) atoms. The molecule has 0 radical (unpaired) electrons. The number of ether oxygens (including phenoxy) is 1. The Hall–Kier alpha value is -1.67. The molecule has 2 N–H and O–H groups in total. The van der Waals surface area contributed by atoms with Gasteiger partial charge in [0.2, 0.25) is 0 Å². The second-order valence-electron chi connectivity index (χ2n) is 4.89. The Morgan fingerprint density at radius 1 is 1.05 bits per heavy atom. The molecule has 3 rings (SSSR count). The van der Waals surface area contributed by atoms with Crippen molar-refractivity contribution in [3.63, 3.8) is 0 Å². The molecule has 0 spiro atoms. The van der Waals surface area contributed by atoms with Crippen LogP contribution in [0.5, 0.6) is 5.75 Å². The summed E-state index contributed by atoms with van der Waals surface area (Å²) in [7, 11) is -3.60. The fourth-order valence-corrected chi connectivity index (χ4v) is 3.41. The van der Waals surface area contributed by atoms with E-state index in [-0.39, 0.29) is 10.6 Å². The summed E-state index contributed by atoms with van der Waals surface area (Å²) in [4.78, 5) is 2.76. The van der Waals surface area contributed by atoms with Gasteiger partial charge < -0.3 is 9.84 Å². The van der Waals surface area contributed by atoms with Gasteiger partial charge in [0.25, 0.3) is 10.0 Å². The highest BCUT2D eigenvalue weighted by molar-refractivity contribution is 7.89. The zero-order chi connectivity index (χ0) is 14.9. The standard InChI is InChI=1S/C14H16N2O4S/c17-13-3-1-12-10-14(4-2-11(12)9-13)21(18,19)15-16-5-7-20-8-6-16/h1-4,9-10,15,17H,5-8H2.